The number of morpholine rings is 1. The van der Waals surface area contributed by atoms with Crippen LogP contribution < -0.4 is 15.5 Å². The highest BCUT2D eigenvalue weighted by molar-refractivity contribution is 5.85. The van der Waals surface area contributed by atoms with Gasteiger partial charge in [-0.2, -0.15) is 0 Å². The molecule has 1 atom stereocenters. The summed E-state index contributed by atoms with van der Waals surface area (Å²) in [6, 6.07) is 4.61. The second kappa shape index (κ2) is 6.67. The Bertz CT molecular complexity index is 481. The maximum atomic E-state index is 14.3. The zero-order chi connectivity index (χ0) is 14.5. The number of anilines is 1. The van der Waals surface area contributed by atoms with Gasteiger partial charge < -0.3 is 20.3 Å². The molecule has 0 spiro atoms. The first-order chi connectivity index (χ1) is 9.67. The van der Waals surface area contributed by atoms with Crippen molar-refractivity contribution in [3.05, 3.63) is 29.6 Å². The molecule has 1 aromatic rings. The van der Waals surface area contributed by atoms with Crippen molar-refractivity contribution in [3.63, 3.8) is 0 Å². The van der Waals surface area contributed by atoms with Crippen LogP contribution in [-0.4, -0.2) is 45.8 Å². The maximum Gasteiger partial charge on any atom is 0.244 e. The molecule has 1 unspecified atom stereocenters. The van der Waals surface area contributed by atoms with Crippen LogP contribution in [0.4, 0.5) is 10.1 Å². The fourth-order valence-corrected chi connectivity index (χ4v) is 2.37. The molecule has 1 aliphatic rings. The number of hydrogen-bond acceptors (Lipinski definition) is 4. The number of likely N-dealkylation sites (N-methyl/N-ethyl adjacent to an activating group) is 1. The predicted octanol–water partition coefficient (Wildman–Crippen LogP) is 0.496. The quantitative estimate of drug-likeness (QED) is 0.844. The van der Waals surface area contributed by atoms with Crippen molar-refractivity contribution in [2.24, 2.45) is 0 Å². The smallest absolute Gasteiger partial charge is 0.244 e. The van der Waals surface area contributed by atoms with Crippen LogP contribution in [-0.2, 0) is 16.1 Å². The van der Waals surface area contributed by atoms with E-state index in [0.29, 0.717) is 25.4 Å². The Hall–Kier alpha value is -1.66. The second-order valence-corrected chi connectivity index (χ2v) is 4.71. The Labute approximate surface area is 118 Å². The molecule has 0 aromatic heterocycles. The Morgan fingerprint density at radius 3 is 2.95 bits per heavy atom. The topological polar surface area (TPSA) is 53.6 Å². The summed E-state index contributed by atoms with van der Waals surface area (Å²) in [5, 5.41) is 5.57. The van der Waals surface area contributed by atoms with Crippen molar-refractivity contribution in [2.45, 2.75) is 12.6 Å². The van der Waals surface area contributed by atoms with Gasteiger partial charge in [0, 0.05) is 20.1 Å². The summed E-state index contributed by atoms with van der Waals surface area (Å²) in [6.07, 6.45) is 0. The third-order valence-corrected chi connectivity index (χ3v) is 3.38. The number of carbonyl (C=O) groups excluding carboxylic acids is 1. The van der Waals surface area contributed by atoms with Crippen LogP contribution in [0, 0.1) is 5.82 Å². The molecule has 5 nitrogen and oxygen atoms in total. The van der Waals surface area contributed by atoms with Gasteiger partial charge in [-0.1, -0.05) is 6.07 Å². The molecule has 6 heteroatoms. The highest BCUT2D eigenvalue weighted by Gasteiger charge is 2.30. The third kappa shape index (κ3) is 3.08. The number of nitrogens with zero attached hydrogens (tertiary/aromatic N) is 1. The van der Waals surface area contributed by atoms with E-state index in [-0.39, 0.29) is 18.3 Å². The number of halogens is 1. The molecule has 1 aromatic carbocycles. The van der Waals surface area contributed by atoms with Gasteiger partial charge in [0.2, 0.25) is 5.91 Å². The molecule has 20 heavy (non-hydrogen) atoms. The van der Waals surface area contributed by atoms with Crippen LogP contribution in [0.25, 0.3) is 0 Å². The standard InChI is InChI=1S/C14H20FN3O2/c1-16-8-10-3-4-12(11(15)7-10)18-5-6-20-9-13(18)14(19)17-2/h3-4,7,13,16H,5-6,8-9H2,1-2H3,(H,17,19). The lowest BCUT2D eigenvalue weighted by Gasteiger charge is -2.36. The molecule has 0 radical (unpaired) electrons. The van der Waals surface area contributed by atoms with Crippen LogP contribution >= 0.6 is 0 Å². The molecule has 0 bridgehead atoms. The summed E-state index contributed by atoms with van der Waals surface area (Å²) in [4.78, 5) is 13.6. The van der Waals surface area contributed by atoms with E-state index in [4.69, 9.17) is 4.74 Å². The molecule has 2 rings (SSSR count). The fraction of sp³-hybridized carbons (Fsp3) is 0.500. The van der Waals surface area contributed by atoms with Crippen LogP contribution in [0.2, 0.25) is 0 Å². The van der Waals surface area contributed by atoms with E-state index >= 15 is 0 Å². The maximum absolute atomic E-state index is 14.3. The first-order valence-electron chi connectivity index (χ1n) is 6.66. The van der Waals surface area contributed by atoms with Crippen LogP contribution in [0.15, 0.2) is 18.2 Å². The highest BCUT2D eigenvalue weighted by atomic mass is 19.1. The monoisotopic (exact) mass is 281 g/mol. The van der Waals surface area contributed by atoms with Crippen molar-refractivity contribution in [1.29, 1.82) is 0 Å². The van der Waals surface area contributed by atoms with E-state index in [0.717, 1.165) is 5.56 Å². The molecular weight excluding hydrogens is 261 g/mol. The van der Waals surface area contributed by atoms with Crippen molar-refractivity contribution in [2.75, 3.05) is 38.8 Å². The molecule has 1 aliphatic heterocycles. The lowest BCUT2D eigenvalue weighted by Crippen LogP contribution is -2.53. The average Bonchev–Trinajstić information content (AvgIpc) is 2.47. The van der Waals surface area contributed by atoms with Crippen molar-refractivity contribution in [1.82, 2.24) is 10.6 Å². The first-order valence-corrected chi connectivity index (χ1v) is 6.66. The fourth-order valence-electron chi connectivity index (χ4n) is 2.37. The van der Waals surface area contributed by atoms with Gasteiger partial charge in [0.15, 0.2) is 0 Å². The summed E-state index contributed by atoms with van der Waals surface area (Å²) < 4.78 is 19.6. The summed E-state index contributed by atoms with van der Waals surface area (Å²) >= 11 is 0. The molecule has 1 saturated heterocycles. The Morgan fingerprint density at radius 2 is 2.30 bits per heavy atom. The van der Waals surface area contributed by atoms with Gasteiger partial charge in [-0.25, -0.2) is 4.39 Å². The molecule has 110 valence electrons. The SMILES string of the molecule is CNCc1ccc(N2CCOCC2C(=O)NC)c(F)c1. The third-order valence-electron chi connectivity index (χ3n) is 3.38. The van der Waals surface area contributed by atoms with Crippen LogP contribution in [0.1, 0.15) is 5.56 Å². The molecule has 1 heterocycles. The largest absolute Gasteiger partial charge is 0.377 e. The van der Waals surface area contributed by atoms with Crippen molar-refractivity contribution in [3.8, 4) is 0 Å². The minimum Gasteiger partial charge on any atom is -0.377 e. The summed E-state index contributed by atoms with van der Waals surface area (Å²) in [5.74, 6) is -0.475. The van der Waals surface area contributed by atoms with Crippen molar-refractivity contribution < 1.29 is 13.9 Å². The van der Waals surface area contributed by atoms with E-state index in [1.165, 1.54) is 6.07 Å². The number of carbonyl (C=O) groups is 1. The summed E-state index contributed by atoms with van der Waals surface area (Å²) in [5.41, 5.74) is 1.32. The first kappa shape index (κ1) is 14.7. The summed E-state index contributed by atoms with van der Waals surface area (Å²) in [6.45, 7) is 1.88. The lowest BCUT2D eigenvalue weighted by molar-refractivity contribution is -0.124. The Balaban J connectivity index is 2.25. The normalized spacial score (nSPS) is 18.9. The van der Waals surface area contributed by atoms with Crippen LogP contribution in [0.3, 0.4) is 0 Å². The van der Waals surface area contributed by atoms with E-state index in [9.17, 15) is 9.18 Å². The van der Waals surface area contributed by atoms with Gasteiger partial charge in [-0.05, 0) is 24.7 Å². The van der Waals surface area contributed by atoms with Gasteiger partial charge in [-0.15, -0.1) is 0 Å². The zero-order valence-electron chi connectivity index (χ0n) is 11.8. The number of benzene rings is 1. The molecule has 1 fully saturated rings. The van der Waals surface area contributed by atoms with Gasteiger partial charge in [0.05, 0.1) is 18.9 Å². The second-order valence-electron chi connectivity index (χ2n) is 4.71. The molecule has 1 amide bonds. The number of ether oxygens (including phenoxy) is 1. The molecule has 2 N–H and O–H groups in total. The van der Waals surface area contributed by atoms with Crippen LogP contribution in [0.5, 0.6) is 0 Å². The van der Waals surface area contributed by atoms with E-state index in [1.54, 1.807) is 18.0 Å². The van der Waals surface area contributed by atoms with Gasteiger partial charge >= 0.3 is 0 Å². The van der Waals surface area contributed by atoms with Gasteiger partial charge in [0.1, 0.15) is 11.9 Å². The Morgan fingerprint density at radius 1 is 1.50 bits per heavy atom. The number of nitrogens with one attached hydrogen (secondary N) is 2. The minimum atomic E-state index is -0.488. The van der Waals surface area contributed by atoms with E-state index in [2.05, 4.69) is 10.6 Å². The predicted molar refractivity (Wildman–Crippen MR) is 75.2 cm³/mol. The number of amides is 1. The van der Waals surface area contributed by atoms with Gasteiger partial charge in [-0.3, -0.25) is 4.79 Å². The number of rotatable bonds is 4. The molecule has 0 aliphatic carbocycles. The van der Waals surface area contributed by atoms with Gasteiger partial charge in [0.25, 0.3) is 0 Å². The van der Waals surface area contributed by atoms with Crippen molar-refractivity contribution >= 4 is 11.6 Å². The average molecular weight is 281 g/mol. The molecule has 0 saturated carbocycles. The van der Waals surface area contributed by atoms with E-state index in [1.807, 2.05) is 13.1 Å². The number of hydrogen-bond donors (Lipinski definition) is 2. The van der Waals surface area contributed by atoms with E-state index < -0.39 is 6.04 Å². The molecular formula is C14H20FN3O2. The highest BCUT2D eigenvalue weighted by Crippen LogP contribution is 2.24. The Kier molecular flexibility index (Phi) is 4.92. The minimum absolute atomic E-state index is 0.164. The summed E-state index contributed by atoms with van der Waals surface area (Å²) in [7, 11) is 3.39. The lowest BCUT2D eigenvalue weighted by atomic mass is 10.1. The zero-order valence-corrected chi connectivity index (χ0v) is 11.8.